The average Bonchev–Trinajstić information content (AvgIpc) is 3.59. The second kappa shape index (κ2) is 9.61. The Morgan fingerprint density at radius 2 is 1.86 bits per heavy atom. The van der Waals surface area contributed by atoms with Crippen LogP contribution in [0.15, 0.2) is 59.0 Å². The Hall–Kier alpha value is -3.54. The minimum atomic E-state index is -0.235. The third-order valence-corrected chi connectivity index (χ3v) is 6.63. The molecule has 1 saturated carbocycles. The van der Waals surface area contributed by atoms with Gasteiger partial charge in [-0.2, -0.15) is 0 Å². The van der Waals surface area contributed by atoms with E-state index in [-0.39, 0.29) is 42.2 Å². The van der Waals surface area contributed by atoms with Crippen LogP contribution >= 0.6 is 0 Å². The first-order valence-electron chi connectivity index (χ1n) is 12.4. The number of rotatable bonds is 7. The van der Waals surface area contributed by atoms with Gasteiger partial charge in [0.1, 0.15) is 18.1 Å². The molecule has 0 saturated heterocycles. The SMILES string of the molecule is Cc1ccc(C2c3cc(OCc4ccc(C(=O)NC(C)C)o4)ccc3CCN2C(=O)C2CC2)cc1. The van der Waals surface area contributed by atoms with Crippen molar-refractivity contribution in [3.8, 4) is 5.75 Å². The zero-order valence-electron chi connectivity index (χ0n) is 20.5. The Morgan fingerprint density at radius 3 is 2.57 bits per heavy atom. The van der Waals surface area contributed by atoms with Gasteiger partial charge in [-0.1, -0.05) is 35.9 Å². The zero-order valence-corrected chi connectivity index (χ0v) is 20.5. The molecule has 182 valence electrons. The van der Waals surface area contributed by atoms with Crippen LogP contribution < -0.4 is 10.1 Å². The van der Waals surface area contributed by atoms with E-state index in [0.29, 0.717) is 11.5 Å². The molecule has 6 nitrogen and oxygen atoms in total. The van der Waals surface area contributed by atoms with E-state index in [1.54, 1.807) is 12.1 Å². The van der Waals surface area contributed by atoms with Crippen molar-refractivity contribution in [2.24, 2.45) is 5.92 Å². The number of aryl methyl sites for hydroxylation is 1. The fourth-order valence-corrected chi connectivity index (χ4v) is 4.66. The monoisotopic (exact) mass is 472 g/mol. The number of nitrogens with zero attached hydrogens (tertiary/aromatic N) is 1. The lowest BCUT2D eigenvalue weighted by Gasteiger charge is -2.38. The Morgan fingerprint density at radius 1 is 1.09 bits per heavy atom. The molecule has 1 unspecified atom stereocenters. The van der Waals surface area contributed by atoms with Gasteiger partial charge in [-0.15, -0.1) is 0 Å². The lowest BCUT2D eigenvalue weighted by Crippen LogP contribution is -2.41. The molecule has 1 atom stereocenters. The fraction of sp³-hybridized carbons (Fsp3) is 0.379. The normalized spacial score (nSPS) is 17.3. The minimum absolute atomic E-state index is 0.0376. The van der Waals surface area contributed by atoms with Crippen LogP contribution in [-0.4, -0.2) is 29.3 Å². The lowest BCUT2D eigenvalue weighted by molar-refractivity contribution is -0.134. The summed E-state index contributed by atoms with van der Waals surface area (Å²) in [7, 11) is 0. The highest BCUT2D eigenvalue weighted by molar-refractivity contribution is 5.91. The summed E-state index contributed by atoms with van der Waals surface area (Å²) in [6.07, 6.45) is 2.82. The fourth-order valence-electron chi connectivity index (χ4n) is 4.66. The van der Waals surface area contributed by atoms with Crippen LogP contribution in [0.3, 0.4) is 0 Å². The van der Waals surface area contributed by atoms with Gasteiger partial charge in [0.2, 0.25) is 5.91 Å². The molecule has 1 fully saturated rings. The highest BCUT2D eigenvalue weighted by Crippen LogP contribution is 2.41. The Labute approximate surface area is 206 Å². The quantitative estimate of drug-likeness (QED) is 0.514. The number of carbonyl (C=O) groups excluding carboxylic acids is 2. The molecule has 2 aromatic carbocycles. The summed E-state index contributed by atoms with van der Waals surface area (Å²) in [5.74, 6) is 1.77. The number of hydrogen-bond donors (Lipinski definition) is 1. The number of fused-ring (bicyclic) bond motifs is 1. The molecule has 6 heteroatoms. The van der Waals surface area contributed by atoms with Gasteiger partial charge in [0.15, 0.2) is 5.76 Å². The van der Waals surface area contributed by atoms with Crippen LogP contribution in [0, 0.1) is 12.8 Å². The van der Waals surface area contributed by atoms with E-state index in [4.69, 9.17) is 9.15 Å². The first-order valence-corrected chi connectivity index (χ1v) is 12.4. The summed E-state index contributed by atoms with van der Waals surface area (Å²) in [5.41, 5.74) is 4.67. The summed E-state index contributed by atoms with van der Waals surface area (Å²) < 4.78 is 11.7. The van der Waals surface area contributed by atoms with E-state index in [2.05, 4.69) is 53.5 Å². The number of benzene rings is 2. The zero-order chi connectivity index (χ0) is 24.5. The van der Waals surface area contributed by atoms with Crippen molar-refractivity contribution in [2.75, 3.05) is 6.54 Å². The standard InChI is InChI=1S/C29H32N2O4/c1-18(2)30-28(32)26-13-12-24(35-26)17-34-23-11-10-20-14-15-31(29(33)22-8-9-22)27(25(20)16-23)21-6-4-19(3)5-7-21/h4-7,10-13,16,18,22,27H,8-9,14-15,17H2,1-3H3,(H,30,32). The summed E-state index contributed by atoms with van der Waals surface area (Å²) in [6.45, 7) is 6.83. The van der Waals surface area contributed by atoms with Crippen molar-refractivity contribution in [1.82, 2.24) is 10.2 Å². The minimum Gasteiger partial charge on any atom is -0.486 e. The van der Waals surface area contributed by atoms with Crippen LogP contribution in [0.25, 0.3) is 0 Å². The highest BCUT2D eigenvalue weighted by Gasteiger charge is 2.39. The van der Waals surface area contributed by atoms with Crippen LogP contribution in [0.5, 0.6) is 5.75 Å². The van der Waals surface area contributed by atoms with E-state index in [1.165, 1.54) is 11.1 Å². The van der Waals surface area contributed by atoms with Gasteiger partial charge in [-0.3, -0.25) is 9.59 Å². The summed E-state index contributed by atoms with van der Waals surface area (Å²) in [6, 6.07) is 17.9. The molecule has 0 bridgehead atoms. The van der Waals surface area contributed by atoms with Crippen molar-refractivity contribution in [1.29, 1.82) is 0 Å². The predicted molar refractivity (Wildman–Crippen MR) is 133 cm³/mol. The molecule has 2 amide bonds. The molecular formula is C29H32N2O4. The maximum Gasteiger partial charge on any atom is 0.287 e. The molecular weight excluding hydrogens is 440 g/mol. The summed E-state index contributed by atoms with van der Waals surface area (Å²) in [4.78, 5) is 27.4. The van der Waals surface area contributed by atoms with Gasteiger partial charge >= 0.3 is 0 Å². The Balaban J connectivity index is 1.38. The molecule has 3 aromatic rings. The number of amides is 2. The van der Waals surface area contributed by atoms with Crippen LogP contribution in [0.1, 0.15) is 71.3 Å². The van der Waals surface area contributed by atoms with E-state index in [1.807, 2.05) is 19.9 Å². The average molecular weight is 473 g/mol. The van der Waals surface area contributed by atoms with Gasteiger partial charge in [-0.25, -0.2) is 0 Å². The van der Waals surface area contributed by atoms with Gasteiger partial charge in [0, 0.05) is 18.5 Å². The number of hydrogen-bond acceptors (Lipinski definition) is 4. The van der Waals surface area contributed by atoms with E-state index >= 15 is 0 Å². The van der Waals surface area contributed by atoms with Crippen molar-refractivity contribution < 1.29 is 18.7 Å². The third-order valence-electron chi connectivity index (χ3n) is 6.63. The van der Waals surface area contributed by atoms with Crippen LogP contribution in [-0.2, 0) is 17.8 Å². The lowest BCUT2D eigenvalue weighted by atomic mass is 9.87. The Bertz CT molecular complexity index is 1220. The molecule has 1 aliphatic heterocycles. The largest absolute Gasteiger partial charge is 0.486 e. The topological polar surface area (TPSA) is 71.8 Å². The smallest absolute Gasteiger partial charge is 0.287 e. The van der Waals surface area contributed by atoms with E-state index in [0.717, 1.165) is 36.9 Å². The highest BCUT2D eigenvalue weighted by atomic mass is 16.5. The van der Waals surface area contributed by atoms with Crippen LogP contribution in [0.4, 0.5) is 0 Å². The van der Waals surface area contributed by atoms with E-state index in [9.17, 15) is 9.59 Å². The van der Waals surface area contributed by atoms with Crippen molar-refractivity contribution in [3.63, 3.8) is 0 Å². The number of ether oxygens (including phenoxy) is 1. The van der Waals surface area contributed by atoms with Crippen molar-refractivity contribution >= 4 is 11.8 Å². The van der Waals surface area contributed by atoms with Crippen molar-refractivity contribution in [2.45, 2.75) is 58.7 Å². The van der Waals surface area contributed by atoms with Crippen molar-refractivity contribution in [3.05, 3.63) is 88.4 Å². The van der Waals surface area contributed by atoms with Gasteiger partial charge in [0.05, 0.1) is 6.04 Å². The third kappa shape index (κ3) is 5.11. The van der Waals surface area contributed by atoms with Gasteiger partial charge < -0.3 is 19.4 Å². The molecule has 5 rings (SSSR count). The second-order valence-corrected chi connectivity index (χ2v) is 9.91. The maximum atomic E-state index is 13.2. The molecule has 1 N–H and O–H groups in total. The molecule has 2 aliphatic rings. The molecule has 0 radical (unpaired) electrons. The molecule has 2 heterocycles. The number of nitrogens with one attached hydrogen (secondary N) is 1. The summed E-state index contributed by atoms with van der Waals surface area (Å²) in [5, 5.41) is 2.82. The molecule has 35 heavy (non-hydrogen) atoms. The molecule has 1 aliphatic carbocycles. The van der Waals surface area contributed by atoms with Gasteiger partial charge in [0.25, 0.3) is 5.91 Å². The summed E-state index contributed by atoms with van der Waals surface area (Å²) >= 11 is 0. The van der Waals surface area contributed by atoms with Crippen LogP contribution in [0.2, 0.25) is 0 Å². The second-order valence-electron chi connectivity index (χ2n) is 9.91. The maximum absolute atomic E-state index is 13.2. The molecule has 1 aromatic heterocycles. The first-order chi connectivity index (χ1) is 16.9. The number of furan rings is 1. The first kappa shape index (κ1) is 23.2. The van der Waals surface area contributed by atoms with Gasteiger partial charge in [-0.05, 0) is 81.0 Å². The van der Waals surface area contributed by atoms with E-state index < -0.39 is 0 Å². The molecule has 0 spiro atoms. The predicted octanol–water partition coefficient (Wildman–Crippen LogP) is 5.19. The Kier molecular flexibility index (Phi) is 6.37. The number of carbonyl (C=O) groups is 2.